The number of rotatable bonds is 5. The van der Waals surface area contributed by atoms with Crippen molar-refractivity contribution in [3.05, 3.63) is 17.0 Å². The first-order chi connectivity index (χ1) is 13.6. The van der Waals surface area contributed by atoms with Crippen LogP contribution in [-0.4, -0.2) is 58.0 Å². The molecule has 28 heavy (non-hydrogen) atoms. The Kier molecular flexibility index (Phi) is 4.68. The minimum Gasteiger partial charge on any atom is -0.342 e. The van der Waals surface area contributed by atoms with Crippen molar-refractivity contribution < 1.29 is 9.59 Å². The number of fused-ring (bicyclic) bond motifs is 1. The molecule has 2 aliphatic carbocycles. The topological polar surface area (TPSA) is 69.3 Å². The van der Waals surface area contributed by atoms with Crippen molar-refractivity contribution in [3.63, 3.8) is 0 Å². The fourth-order valence-corrected chi connectivity index (χ4v) is 5.54. The van der Waals surface area contributed by atoms with Gasteiger partial charge in [-0.2, -0.15) is 5.10 Å². The van der Waals surface area contributed by atoms with Crippen LogP contribution in [0.4, 0.5) is 0 Å². The third kappa shape index (κ3) is 3.35. The second-order valence-electron chi connectivity index (χ2n) is 9.48. The lowest BCUT2D eigenvalue weighted by molar-refractivity contribution is -0.146. The summed E-state index contributed by atoms with van der Waals surface area (Å²) in [6.45, 7) is 3.22. The number of likely N-dealkylation sites (tertiary alicyclic amines) is 2. The van der Waals surface area contributed by atoms with E-state index in [4.69, 9.17) is 0 Å². The van der Waals surface area contributed by atoms with E-state index in [-0.39, 0.29) is 11.3 Å². The molecule has 1 unspecified atom stereocenters. The maximum absolute atomic E-state index is 13.2. The molecule has 0 aromatic carbocycles. The van der Waals surface area contributed by atoms with Crippen LogP contribution < -0.4 is 0 Å². The number of nitrogens with zero attached hydrogens (tertiary/aromatic N) is 3. The second kappa shape index (κ2) is 7.20. The number of piperidine rings is 1. The van der Waals surface area contributed by atoms with Gasteiger partial charge in [-0.15, -0.1) is 0 Å². The fourth-order valence-electron chi connectivity index (χ4n) is 5.54. The molecule has 0 radical (unpaired) electrons. The summed E-state index contributed by atoms with van der Waals surface area (Å²) in [5, 5.41) is 7.65. The number of carbonyl (C=O) groups excluding carboxylic acids is 2. The van der Waals surface area contributed by atoms with Gasteiger partial charge in [-0.05, 0) is 69.3 Å². The zero-order valence-corrected chi connectivity index (χ0v) is 16.8. The van der Waals surface area contributed by atoms with Crippen LogP contribution in [0.5, 0.6) is 0 Å². The number of aromatic nitrogens is 2. The van der Waals surface area contributed by atoms with Crippen molar-refractivity contribution in [2.75, 3.05) is 26.2 Å². The molecule has 1 aromatic heterocycles. The summed E-state index contributed by atoms with van der Waals surface area (Å²) >= 11 is 0. The van der Waals surface area contributed by atoms with Gasteiger partial charge in [-0.1, -0.05) is 0 Å². The lowest BCUT2D eigenvalue weighted by atomic mass is 9.78. The predicted molar refractivity (Wildman–Crippen MR) is 106 cm³/mol. The van der Waals surface area contributed by atoms with Gasteiger partial charge < -0.3 is 9.80 Å². The molecule has 6 nitrogen and oxygen atoms in total. The Labute approximate surface area is 167 Å². The third-order valence-corrected chi connectivity index (χ3v) is 7.42. The van der Waals surface area contributed by atoms with E-state index in [9.17, 15) is 9.59 Å². The Morgan fingerprint density at radius 1 is 1.14 bits per heavy atom. The average molecular weight is 385 g/mol. The van der Waals surface area contributed by atoms with Gasteiger partial charge in [0.05, 0.1) is 11.1 Å². The first-order valence-electron chi connectivity index (χ1n) is 11.3. The van der Waals surface area contributed by atoms with E-state index in [2.05, 4.69) is 15.1 Å². The van der Waals surface area contributed by atoms with Crippen LogP contribution in [0.3, 0.4) is 0 Å². The molecule has 2 saturated heterocycles. The largest absolute Gasteiger partial charge is 0.342 e. The quantitative estimate of drug-likeness (QED) is 0.848. The van der Waals surface area contributed by atoms with Crippen LogP contribution in [0.2, 0.25) is 0 Å². The van der Waals surface area contributed by atoms with E-state index >= 15 is 0 Å². The minimum absolute atomic E-state index is 0.191. The van der Waals surface area contributed by atoms with E-state index in [0.717, 1.165) is 69.8 Å². The Bertz CT molecular complexity index is 769. The van der Waals surface area contributed by atoms with Crippen LogP contribution in [-0.2, 0) is 28.9 Å². The SMILES string of the molecule is O=C(CCc1n[nH]c2c1CCCC2)N1CCC2(CCCN(CC3CC3)C2=O)C1. The molecule has 5 rings (SSSR count). The molecule has 4 aliphatic rings. The monoisotopic (exact) mass is 384 g/mol. The van der Waals surface area contributed by atoms with E-state index in [1.165, 1.54) is 36.9 Å². The highest BCUT2D eigenvalue weighted by molar-refractivity contribution is 5.86. The summed E-state index contributed by atoms with van der Waals surface area (Å²) in [7, 11) is 0. The van der Waals surface area contributed by atoms with Gasteiger partial charge in [0.2, 0.25) is 11.8 Å². The molecule has 2 aliphatic heterocycles. The third-order valence-electron chi connectivity index (χ3n) is 7.42. The maximum Gasteiger partial charge on any atom is 0.230 e. The summed E-state index contributed by atoms with van der Waals surface area (Å²) in [4.78, 5) is 30.1. The summed E-state index contributed by atoms with van der Waals surface area (Å²) in [5.41, 5.74) is 3.42. The highest BCUT2D eigenvalue weighted by Crippen LogP contribution is 2.42. The number of hydrogen-bond donors (Lipinski definition) is 1. The molecule has 1 aromatic rings. The number of nitrogens with one attached hydrogen (secondary N) is 1. The number of carbonyl (C=O) groups is 2. The molecule has 1 atom stereocenters. The van der Waals surface area contributed by atoms with Crippen molar-refractivity contribution in [1.29, 1.82) is 0 Å². The summed E-state index contributed by atoms with van der Waals surface area (Å²) in [6.07, 6.45) is 11.3. The fraction of sp³-hybridized carbons (Fsp3) is 0.773. The van der Waals surface area contributed by atoms with Crippen LogP contribution in [0, 0.1) is 11.3 Å². The highest BCUT2D eigenvalue weighted by Gasteiger charge is 2.49. The van der Waals surface area contributed by atoms with Crippen LogP contribution in [0.25, 0.3) is 0 Å². The number of hydrogen-bond acceptors (Lipinski definition) is 3. The van der Waals surface area contributed by atoms with Gasteiger partial charge in [-0.3, -0.25) is 14.7 Å². The predicted octanol–water partition coefficient (Wildman–Crippen LogP) is 2.47. The molecule has 0 bridgehead atoms. The highest BCUT2D eigenvalue weighted by atomic mass is 16.2. The van der Waals surface area contributed by atoms with E-state index in [1.54, 1.807) is 0 Å². The van der Waals surface area contributed by atoms with Gasteiger partial charge >= 0.3 is 0 Å². The Morgan fingerprint density at radius 3 is 2.86 bits per heavy atom. The van der Waals surface area contributed by atoms with E-state index in [0.29, 0.717) is 18.9 Å². The Morgan fingerprint density at radius 2 is 2.00 bits per heavy atom. The lowest BCUT2D eigenvalue weighted by Gasteiger charge is -2.39. The van der Waals surface area contributed by atoms with Crippen molar-refractivity contribution in [2.24, 2.45) is 11.3 Å². The van der Waals surface area contributed by atoms with Crippen molar-refractivity contribution in [2.45, 2.75) is 70.6 Å². The molecule has 3 heterocycles. The number of aromatic amines is 1. The number of H-pyrrole nitrogens is 1. The normalized spacial score (nSPS) is 27.5. The maximum atomic E-state index is 13.2. The molecule has 6 heteroatoms. The molecule has 2 amide bonds. The molecular formula is C22H32N4O2. The molecule has 3 fully saturated rings. The molecule has 1 saturated carbocycles. The van der Waals surface area contributed by atoms with Gasteiger partial charge in [0.1, 0.15) is 0 Å². The standard InChI is InChI=1S/C22H32N4O2/c27-20(9-8-19-17-4-1-2-5-18(17)23-24-19)26-13-11-22(15-26)10-3-12-25(21(22)28)14-16-6-7-16/h16H,1-15H2,(H,23,24). The zero-order chi connectivity index (χ0) is 19.1. The Balaban J connectivity index is 1.19. The first-order valence-corrected chi connectivity index (χ1v) is 11.3. The molecule has 152 valence electrons. The lowest BCUT2D eigenvalue weighted by Crippen LogP contribution is -2.50. The average Bonchev–Trinajstić information content (AvgIpc) is 3.27. The number of amides is 2. The first kappa shape index (κ1) is 18.2. The van der Waals surface area contributed by atoms with E-state index < -0.39 is 0 Å². The van der Waals surface area contributed by atoms with Gasteiger partial charge in [0.15, 0.2) is 0 Å². The second-order valence-corrected chi connectivity index (χ2v) is 9.48. The van der Waals surface area contributed by atoms with Crippen molar-refractivity contribution >= 4 is 11.8 Å². The van der Waals surface area contributed by atoms with Gasteiger partial charge in [0, 0.05) is 44.7 Å². The van der Waals surface area contributed by atoms with E-state index in [1.807, 2.05) is 4.90 Å². The molecule has 1 spiro atoms. The Hall–Kier alpha value is -1.85. The van der Waals surface area contributed by atoms with Crippen molar-refractivity contribution in [1.82, 2.24) is 20.0 Å². The van der Waals surface area contributed by atoms with Crippen molar-refractivity contribution in [3.8, 4) is 0 Å². The zero-order valence-electron chi connectivity index (χ0n) is 16.8. The van der Waals surface area contributed by atoms with Crippen LogP contribution in [0.15, 0.2) is 0 Å². The minimum atomic E-state index is -0.297. The number of aryl methyl sites for hydroxylation is 2. The molecular weight excluding hydrogens is 352 g/mol. The van der Waals surface area contributed by atoms with Crippen LogP contribution >= 0.6 is 0 Å². The summed E-state index contributed by atoms with van der Waals surface area (Å²) < 4.78 is 0. The summed E-state index contributed by atoms with van der Waals surface area (Å²) in [6, 6.07) is 0. The van der Waals surface area contributed by atoms with Gasteiger partial charge in [-0.25, -0.2) is 0 Å². The smallest absolute Gasteiger partial charge is 0.230 e. The van der Waals surface area contributed by atoms with Gasteiger partial charge in [0.25, 0.3) is 0 Å². The summed E-state index contributed by atoms with van der Waals surface area (Å²) in [5.74, 6) is 1.25. The molecule has 1 N–H and O–H groups in total. The van der Waals surface area contributed by atoms with Crippen LogP contribution in [0.1, 0.15) is 68.3 Å².